The number of thiazole rings is 1. The zero-order valence-electron chi connectivity index (χ0n) is 14.8. The highest BCUT2D eigenvalue weighted by Gasteiger charge is 2.17. The summed E-state index contributed by atoms with van der Waals surface area (Å²) in [6.07, 6.45) is 2.86. The molecule has 6 heteroatoms. The van der Waals surface area contributed by atoms with Gasteiger partial charge in [-0.15, -0.1) is 11.3 Å². The number of aromatic nitrogens is 1. The average molecular weight is 359 g/mol. The molecule has 0 spiro atoms. The molecule has 0 saturated carbocycles. The molecule has 0 bridgehead atoms. The third-order valence-corrected chi connectivity index (χ3v) is 5.27. The van der Waals surface area contributed by atoms with Crippen LogP contribution in [0.1, 0.15) is 31.0 Å². The largest absolute Gasteiger partial charge is 0.496 e. The molecule has 1 atom stereocenters. The summed E-state index contributed by atoms with van der Waals surface area (Å²) in [4.78, 5) is 19.3. The van der Waals surface area contributed by atoms with Crippen LogP contribution in [-0.4, -0.2) is 36.0 Å². The number of likely N-dealkylation sites (tertiary alicyclic amines) is 1. The number of ether oxygens (including phenoxy) is 1. The minimum absolute atomic E-state index is 0.0722. The topological polar surface area (TPSA) is 54.5 Å². The van der Waals surface area contributed by atoms with E-state index in [1.54, 1.807) is 7.11 Å². The number of nitrogens with zero attached hydrogens (tertiary/aromatic N) is 2. The van der Waals surface area contributed by atoms with Crippen molar-refractivity contribution in [2.75, 3.05) is 25.5 Å². The van der Waals surface area contributed by atoms with Crippen molar-refractivity contribution in [3.63, 3.8) is 0 Å². The maximum atomic E-state index is 12.3. The van der Waals surface area contributed by atoms with Crippen molar-refractivity contribution in [1.82, 2.24) is 9.88 Å². The van der Waals surface area contributed by atoms with Gasteiger partial charge in [0, 0.05) is 24.0 Å². The summed E-state index contributed by atoms with van der Waals surface area (Å²) in [5.74, 6) is 1.42. The number of carbonyl (C=O) groups excluding carboxylic acids is 1. The van der Waals surface area contributed by atoms with Crippen LogP contribution < -0.4 is 10.1 Å². The first-order chi connectivity index (χ1) is 12.1. The summed E-state index contributed by atoms with van der Waals surface area (Å²) in [5, 5.41) is 5.61. The molecule has 3 rings (SSSR count). The van der Waals surface area contributed by atoms with E-state index in [9.17, 15) is 4.79 Å². The number of carbonyl (C=O) groups is 1. The Morgan fingerprint density at radius 2 is 2.28 bits per heavy atom. The van der Waals surface area contributed by atoms with Gasteiger partial charge in [0.25, 0.3) is 0 Å². The predicted molar refractivity (Wildman–Crippen MR) is 101 cm³/mol. The number of anilines is 1. The van der Waals surface area contributed by atoms with Crippen LogP contribution >= 0.6 is 11.3 Å². The van der Waals surface area contributed by atoms with Gasteiger partial charge in [-0.05, 0) is 31.4 Å². The van der Waals surface area contributed by atoms with Gasteiger partial charge in [-0.25, -0.2) is 4.98 Å². The highest BCUT2D eigenvalue weighted by atomic mass is 32.1. The maximum absolute atomic E-state index is 12.3. The Kier molecular flexibility index (Phi) is 6.04. The fraction of sp³-hybridized carbons (Fsp3) is 0.474. The minimum atomic E-state index is -0.0722. The molecule has 1 aliphatic heterocycles. The molecule has 25 heavy (non-hydrogen) atoms. The third kappa shape index (κ3) is 5.03. The Morgan fingerprint density at radius 1 is 1.44 bits per heavy atom. The van der Waals surface area contributed by atoms with Crippen molar-refractivity contribution in [2.24, 2.45) is 5.92 Å². The van der Waals surface area contributed by atoms with E-state index in [1.165, 1.54) is 24.2 Å². The van der Waals surface area contributed by atoms with Gasteiger partial charge in [0.2, 0.25) is 5.91 Å². The molecule has 2 heterocycles. The van der Waals surface area contributed by atoms with Gasteiger partial charge < -0.3 is 10.1 Å². The van der Waals surface area contributed by atoms with Gasteiger partial charge in [0.15, 0.2) is 5.13 Å². The van der Waals surface area contributed by atoms with Crippen LogP contribution in [0.25, 0.3) is 0 Å². The van der Waals surface area contributed by atoms with Gasteiger partial charge in [0.05, 0.1) is 19.2 Å². The van der Waals surface area contributed by atoms with Crippen LogP contribution in [0.3, 0.4) is 0 Å². The molecule has 1 unspecified atom stereocenters. The van der Waals surface area contributed by atoms with Gasteiger partial charge >= 0.3 is 0 Å². The van der Waals surface area contributed by atoms with Crippen molar-refractivity contribution in [2.45, 2.75) is 32.7 Å². The fourth-order valence-electron chi connectivity index (χ4n) is 3.28. The lowest BCUT2D eigenvalue weighted by Gasteiger charge is -2.30. The molecule has 0 radical (unpaired) electrons. The lowest BCUT2D eigenvalue weighted by Crippen LogP contribution is -2.33. The second-order valence-corrected chi connectivity index (χ2v) is 7.52. The highest BCUT2D eigenvalue weighted by Crippen LogP contribution is 2.22. The lowest BCUT2D eigenvalue weighted by atomic mass is 10.0. The van der Waals surface area contributed by atoms with Crippen LogP contribution in [0.15, 0.2) is 29.6 Å². The minimum Gasteiger partial charge on any atom is -0.496 e. The Bertz CT molecular complexity index is 716. The molecule has 2 aromatic rings. The molecule has 5 nitrogen and oxygen atoms in total. The summed E-state index contributed by atoms with van der Waals surface area (Å²) in [5.41, 5.74) is 1.91. The van der Waals surface area contributed by atoms with E-state index in [2.05, 4.69) is 22.1 Å². The van der Waals surface area contributed by atoms with E-state index in [-0.39, 0.29) is 12.3 Å². The molecule has 1 aromatic heterocycles. The molecular formula is C19H25N3O2S. The molecule has 134 valence electrons. The quantitative estimate of drug-likeness (QED) is 0.857. The second-order valence-electron chi connectivity index (χ2n) is 6.66. The van der Waals surface area contributed by atoms with Crippen LogP contribution in [0.4, 0.5) is 5.13 Å². The summed E-state index contributed by atoms with van der Waals surface area (Å²) in [6.45, 7) is 5.43. The maximum Gasteiger partial charge on any atom is 0.230 e. The first-order valence-corrected chi connectivity index (χ1v) is 9.60. The van der Waals surface area contributed by atoms with Gasteiger partial charge in [-0.1, -0.05) is 25.1 Å². The Labute approximate surface area is 153 Å². The standard InChI is InChI=1S/C19H25N3O2S/c1-14-6-5-9-22(11-14)12-16-13-25-19(20-16)21-18(23)10-15-7-3-4-8-17(15)24-2/h3-4,7-8,13-14H,5-6,9-12H2,1-2H3,(H,20,21,23). The van der Waals surface area contributed by atoms with E-state index in [1.807, 2.05) is 29.6 Å². The molecule has 1 saturated heterocycles. The van der Waals surface area contributed by atoms with Crippen molar-refractivity contribution in [3.8, 4) is 5.75 Å². The van der Waals surface area contributed by atoms with Crippen LogP contribution in [0.5, 0.6) is 5.75 Å². The SMILES string of the molecule is COc1ccccc1CC(=O)Nc1nc(CN2CCCC(C)C2)cs1. The van der Waals surface area contributed by atoms with Crippen LogP contribution in [-0.2, 0) is 17.8 Å². The number of hydrogen-bond donors (Lipinski definition) is 1. The predicted octanol–water partition coefficient (Wildman–Crippen LogP) is 3.56. The van der Waals surface area contributed by atoms with Crippen LogP contribution in [0.2, 0.25) is 0 Å². The second kappa shape index (κ2) is 8.45. The molecule has 1 aromatic carbocycles. The van der Waals surface area contributed by atoms with E-state index in [0.29, 0.717) is 5.13 Å². The lowest BCUT2D eigenvalue weighted by molar-refractivity contribution is -0.115. The van der Waals surface area contributed by atoms with Gasteiger partial charge in [-0.2, -0.15) is 0 Å². The Morgan fingerprint density at radius 3 is 3.08 bits per heavy atom. The first-order valence-electron chi connectivity index (χ1n) is 8.72. The zero-order valence-corrected chi connectivity index (χ0v) is 15.6. The zero-order chi connectivity index (χ0) is 17.6. The normalized spacial score (nSPS) is 18.1. The number of benzene rings is 1. The summed E-state index contributed by atoms with van der Waals surface area (Å²) in [6, 6.07) is 7.58. The van der Waals surface area contributed by atoms with E-state index >= 15 is 0 Å². The highest BCUT2D eigenvalue weighted by molar-refractivity contribution is 7.13. The van der Waals surface area contributed by atoms with Crippen molar-refractivity contribution in [3.05, 3.63) is 40.9 Å². The van der Waals surface area contributed by atoms with E-state index in [4.69, 9.17) is 4.74 Å². The number of hydrogen-bond acceptors (Lipinski definition) is 5. The smallest absolute Gasteiger partial charge is 0.230 e. The molecule has 1 fully saturated rings. The number of methoxy groups -OCH3 is 1. The Balaban J connectivity index is 1.54. The third-order valence-electron chi connectivity index (χ3n) is 4.47. The number of amides is 1. The van der Waals surface area contributed by atoms with Gasteiger partial charge in [-0.3, -0.25) is 9.69 Å². The van der Waals surface area contributed by atoms with Crippen molar-refractivity contribution >= 4 is 22.4 Å². The van der Waals surface area contributed by atoms with E-state index in [0.717, 1.165) is 42.6 Å². The van der Waals surface area contributed by atoms with E-state index < -0.39 is 0 Å². The molecular weight excluding hydrogens is 334 g/mol. The average Bonchev–Trinajstić information content (AvgIpc) is 3.02. The fourth-order valence-corrected chi connectivity index (χ4v) is 4.00. The summed E-state index contributed by atoms with van der Waals surface area (Å²) in [7, 11) is 1.62. The summed E-state index contributed by atoms with van der Waals surface area (Å²) >= 11 is 1.49. The molecule has 1 N–H and O–H groups in total. The number of nitrogens with one attached hydrogen (secondary N) is 1. The summed E-state index contributed by atoms with van der Waals surface area (Å²) < 4.78 is 5.30. The number of para-hydroxylation sites is 1. The number of piperidine rings is 1. The molecule has 1 aliphatic rings. The van der Waals surface area contributed by atoms with Crippen molar-refractivity contribution < 1.29 is 9.53 Å². The Hall–Kier alpha value is -1.92. The van der Waals surface area contributed by atoms with Gasteiger partial charge in [0.1, 0.15) is 5.75 Å². The number of rotatable bonds is 6. The monoisotopic (exact) mass is 359 g/mol. The molecule has 0 aliphatic carbocycles. The van der Waals surface area contributed by atoms with Crippen molar-refractivity contribution in [1.29, 1.82) is 0 Å². The van der Waals surface area contributed by atoms with Crippen LogP contribution in [0, 0.1) is 5.92 Å². The molecule has 1 amide bonds. The first kappa shape index (κ1) is 17.9.